The molecule has 3 aromatic heterocycles. The van der Waals surface area contributed by atoms with E-state index in [0.717, 1.165) is 59.3 Å². The minimum Gasteiger partial charge on any atom is -0.466 e. The van der Waals surface area contributed by atoms with Gasteiger partial charge in [-0.2, -0.15) is 0 Å². The van der Waals surface area contributed by atoms with Gasteiger partial charge in [0.1, 0.15) is 0 Å². The van der Waals surface area contributed by atoms with Crippen molar-refractivity contribution in [3.63, 3.8) is 0 Å². The summed E-state index contributed by atoms with van der Waals surface area (Å²) in [6, 6.07) is 9.64. The van der Waals surface area contributed by atoms with Crippen LogP contribution in [0.5, 0.6) is 5.88 Å². The molecule has 164 valence electrons. The number of aryl methyl sites for hydroxylation is 3. The largest absolute Gasteiger partial charge is 0.466 e. The Kier molecular flexibility index (Phi) is 5.08. The third-order valence-electron chi connectivity index (χ3n) is 5.64. The first-order valence-electron chi connectivity index (χ1n) is 10.7. The van der Waals surface area contributed by atoms with Crippen molar-refractivity contribution in [3.05, 3.63) is 41.6 Å². The summed E-state index contributed by atoms with van der Waals surface area (Å²) in [4.78, 5) is 28.9. The van der Waals surface area contributed by atoms with Gasteiger partial charge in [-0.05, 0) is 50.5 Å². The molecule has 4 heterocycles. The second kappa shape index (κ2) is 8.07. The van der Waals surface area contributed by atoms with E-state index >= 15 is 0 Å². The van der Waals surface area contributed by atoms with Crippen molar-refractivity contribution in [2.75, 3.05) is 29.9 Å². The van der Waals surface area contributed by atoms with E-state index in [1.54, 1.807) is 4.68 Å². The molecule has 32 heavy (non-hydrogen) atoms. The number of hydrogen-bond donors (Lipinski definition) is 1. The zero-order chi connectivity index (χ0) is 22.2. The Morgan fingerprint density at radius 1 is 1.09 bits per heavy atom. The molecule has 1 aliphatic rings. The molecular weight excluding hydrogens is 406 g/mol. The van der Waals surface area contributed by atoms with Gasteiger partial charge in [0.05, 0.1) is 16.4 Å². The average molecular weight is 432 g/mol. The summed E-state index contributed by atoms with van der Waals surface area (Å²) < 4.78 is 7.47. The molecule has 0 bridgehead atoms. The number of rotatable bonds is 5. The van der Waals surface area contributed by atoms with Gasteiger partial charge < -0.3 is 15.0 Å². The Balaban J connectivity index is 1.39. The van der Waals surface area contributed by atoms with E-state index in [1.165, 1.54) is 0 Å². The Hall–Kier alpha value is -3.75. The first-order valence-corrected chi connectivity index (χ1v) is 10.7. The molecule has 1 aromatic carbocycles. The van der Waals surface area contributed by atoms with Gasteiger partial charge in [0, 0.05) is 25.8 Å². The van der Waals surface area contributed by atoms with Gasteiger partial charge in [0.25, 0.3) is 5.91 Å². The average Bonchev–Trinajstić information content (AvgIpc) is 3.40. The molecular formula is C23H25N7O2. The van der Waals surface area contributed by atoms with Gasteiger partial charge in [-0.1, -0.05) is 12.1 Å². The highest BCUT2D eigenvalue weighted by Crippen LogP contribution is 2.29. The van der Waals surface area contributed by atoms with Gasteiger partial charge in [-0.15, -0.1) is 5.10 Å². The van der Waals surface area contributed by atoms with E-state index in [1.807, 2.05) is 51.2 Å². The van der Waals surface area contributed by atoms with Crippen LogP contribution in [0.15, 0.2) is 30.3 Å². The first-order chi connectivity index (χ1) is 15.5. The van der Waals surface area contributed by atoms with Gasteiger partial charge in [0.15, 0.2) is 23.9 Å². The van der Waals surface area contributed by atoms with Crippen LogP contribution >= 0.6 is 0 Å². The monoisotopic (exact) mass is 431 g/mol. The number of aromatic nitrogens is 5. The molecule has 1 fully saturated rings. The van der Waals surface area contributed by atoms with Crippen molar-refractivity contribution >= 4 is 39.6 Å². The number of fused-ring (bicyclic) bond motifs is 2. The fourth-order valence-corrected chi connectivity index (χ4v) is 4.18. The second-order valence-electron chi connectivity index (χ2n) is 8.12. The lowest BCUT2D eigenvalue weighted by atomic mass is 10.2. The Bertz CT molecular complexity index is 1330. The van der Waals surface area contributed by atoms with E-state index in [-0.39, 0.29) is 12.5 Å². The fraction of sp³-hybridized carbons (Fsp3) is 0.348. The van der Waals surface area contributed by atoms with Crippen LogP contribution in [-0.2, 0) is 11.8 Å². The van der Waals surface area contributed by atoms with Crippen LogP contribution in [-0.4, -0.2) is 50.3 Å². The summed E-state index contributed by atoms with van der Waals surface area (Å²) in [5, 5.41) is 8.12. The molecule has 5 rings (SSSR count). The predicted molar refractivity (Wildman–Crippen MR) is 123 cm³/mol. The Morgan fingerprint density at radius 2 is 1.81 bits per heavy atom. The molecule has 0 saturated carbocycles. The number of ether oxygens (including phenoxy) is 1. The molecule has 4 aromatic rings. The number of carbonyl (C=O) groups is 1. The summed E-state index contributed by atoms with van der Waals surface area (Å²) in [5.41, 5.74) is 4.19. The van der Waals surface area contributed by atoms with E-state index in [4.69, 9.17) is 9.72 Å². The van der Waals surface area contributed by atoms with E-state index in [9.17, 15) is 4.79 Å². The lowest BCUT2D eigenvalue weighted by Gasteiger charge is -2.20. The van der Waals surface area contributed by atoms with Crippen LogP contribution in [0.3, 0.4) is 0 Å². The third-order valence-corrected chi connectivity index (χ3v) is 5.64. The smallest absolute Gasteiger partial charge is 0.263 e. The van der Waals surface area contributed by atoms with Crippen LogP contribution in [0.4, 0.5) is 11.6 Å². The van der Waals surface area contributed by atoms with Crippen LogP contribution in [0.2, 0.25) is 0 Å². The van der Waals surface area contributed by atoms with Crippen LogP contribution in [0.1, 0.15) is 24.1 Å². The van der Waals surface area contributed by atoms with Gasteiger partial charge in [-0.25, -0.2) is 19.6 Å². The number of carbonyl (C=O) groups excluding carboxylic acids is 1. The van der Waals surface area contributed by atoms with E-state index < -0.39 is 0 Å². The molecule has 0 radical (unpaired) electrons. The minimum absolute atomic E-state index is 0.187. The molecule has 1 aliphatic heterocycles. The lowest BCUT2D eigenvalue weighted by molar-refractivity contribution is -0.118. The summed E-state index contributed by atoms with van der Waals surface area (Å²) >= 11 is 0. The number of nitrogens with one attached hydrogen (secondary N) is 1. The van der Waals surface area contributed by atoms with Crippen molar-refractivity contribution < 1.29 is 9.53 Å². The number of anilines is 2. The molecule has 0 aliphatic carbocycles. The Morgan fingerprint density at radius 3 is 2.56 bits per heavy atom. The molecule has 9 heteroatoms. The number of nitrogens with zero attached hydrogens (tertiary/aromatic N) is 6. The van der Waals surface area contributed by atoms with Gasteiger partial charge in [0.2, 0.25) is 5.88 Å². The summed E-state index contributed by atoms with van der Waals surface area (Å²) in [6.07, 6.45) is 2.20. The van der Waals surface area contributed by atoms with Crippen molar-refractivity contribution in [3.8, 4) is 5.88 Å². The number of benzene rings is 1. The molecule has 1 N–H and O–H groups in total. The van der Waals surface area contributed by atoms with Crippen LogP contribution in [0.25, 0.3) is 22.1 Å². The predicted octanol–water partition coefficient (Wildman–Crippen LogP) is 3.15. The standard InChI is InChI=1S/C23H25N7O2/c1-14-12-15(2)24-21-19(14)23(28-29(21)3)32-13-18(31)27-20-22(30-10-6-7-11-30)26-17-9-5-4-8-16(17)25-20/h4-5,8-9,12H,6-7,10-11,13H2,1-3H3,(H,25,27,31). The maximum Gasteiger partial charge on any atom is 0.263 e. The maximum absolute atomic E-state index is 12.8. The molecule has 1 amide bonds. The van der Waals surface area contributed by atoms with Crippen molar-refractivity contribution in [2.24, 2.45) is 7.05 Å². The van der Waals surface area contributed by atoms with Gasteiger partial charge >= 0.3 is 0 Å². The van der Waals surface area contributed by atoms with Crippen molar-refractivity contribution in [1.82, 2.24) is 24.7 Å². The topological polar surface area (TPSA) is 98.1 Å². The summed E-state index contributed by atoms with van der Waals surface area (Å²) in [7, 11) is 1.81. The van der Waals surface area contributed by atoms with Crippen LogP contribution in [0, 0.1) is 13.8 Å². The number of amides is 1. The van der Waals surface area contributed by atoms with Crippen LogP contribution < -0.4 is 15.0 Å². The number of hydrogen-bond acceptors (Lipinski definition) is 7. The maximum atomic E-state index is 12.8. The zero-order valence-corrected chi connectivity index (χ0v) is 18.4. The van der Waals surface area contributed by atoms with E-state index in [2.05, 4.69) is 25.3 Å². The molecule has 1 saturated heterocycles. The second-order valence-corrected chi connectivity index (χ2v) is 8.12. The summed E-state index contributed by atoms with van der Waals surface area (Å²) in [6.45, 7) is 5.54. The Labute approximate surface area is 185 Å². The molecule has 0 unspecified atom stereocenters. The van der Waals surface area contributed by atoms with E-state index in [0.29, 0.717) is 17.5 Å². The van der Waals surface area contributed by atoms with Crippen molar-refractivity contribution in [2.45, 2.75) is 26.7 Å². The fourth-order valence-electron chi connectivity index (χ4n) is 4.18. The normalized spacial score (nSPS) is 13.8. The zero-order valence-electron chi connectivity index (χ0n) is 18.4. The highest BCUT2D eigenvalue weighted by atomic mass is 16.5. The highest BCUT2D eigenvalue weighted by molar-refractivity contribution is 5.95. The summed E-state index contributed by atoms with van der Waals surface area (Å²) in [5.74, 6) is 1.24. The quantitative estimate of drug-likeness (QED) is 0.518. The SMILES string of the molecule is Cc1cc(C)c2c(OCC(=O)Nc3nc4ccccc4nc3N3CCCC3)nn(C)c2n1. The first kappa shape index (κ1) is 20.2. The van der Waals surface area contributed by atoms with Gasteiger partial charge in [-0.3, -0.25) is 4.79 Å². The minimum atomic E-state index is -0.313. The molecule has 9 nitrogen and oxygen atoms in total. The molecule has 0 spiro atoms. The lowest BCUT2D eigenvalue weighted by Crippen LogP contribution is -2.26. The number of para-hydroxylation sites is 2. The third kappa shape index (κ3) is 3.70. The number of pyridine rings is 1. The highest BCUT2D eigenvalue weighted by Gasteiger charge is 2.21. The molecule has 0 atom stereocenters. The van der Waals surface area contributed by atoms with Crippen molar-refractivity contribution in [1.29, 1.82) is 0 Å².